The van der Waals surface area contributed by atoms with Crippen LogP contribution in [-0.4, -0.2) is 19.2 Å². The van der Waals surface area contributed by atoms with Gasteiger partial charge in [0.15, 0.2) is 0 Å². The molecule has 0 heterocycles. The Balaban J connectivity index is 1.41. The fourth-order valence-electron chi connectivity index (χ4n) is 3.32. The Morgan fingerprint density at radius 1 is 1.06 bits per heavy atom. The van der Waals surface area contributed by atoms with Gasteiger partial charge in [0, 0.05) is 12.0 Å². The summed E-state index contributed by atoms with van der Waals surface area (Å²) in [5, 5.41) is 13.2. The molecule has 3 aromatic carbocycles. The van der Waals surface area contributed by atoms with Crippen LogP contribution in [-0.2, 0) is 17.8 Å². The molecule has 6 nitrogen and oxygen atoms in total. The number of benzene rings is 3. The average Bonchev–Trinajstić information content (AvgIpc) is 2.84. The molecule has 0 bridgehead atoms. The smallest absolute Gasteiger partial charge is 0.240 e. The number of hydrazone groups is 1. The van der Waals surface area contributed by atoms with Gasteiger partial charge in [0.2, 0.25) is 5.91 Å². The predicted octanol–water partition coefficient (Wildman–Crippen LogP) is 4.93. The van der Waals surface area contributed by atoms with Gasteiger partial charge >= 0.3 is 0 Å². The summed E-state index contributed by atoms with van der Waals surface area (Å²) in [6.45, 7) is 2.37. The lowest BCUT2D eigenvalue weighted by molar-refractivity contribution is -0.121. The molecule has 0 aliphatic rings. The predicted molar refractivity (Wildman–Crippen MR) is 128 cm³/mol. The molecule has 3 aromatic rings. The Morgan fingerprint density at radius 3 is 2.55 bits per heavy atom. The second-order valence-electron chi connectivity index (χ2n) is 7.57. The molecule has 6 heteroatoms. The van der Waals surface area contributed by atoms with Crippen molar-refractivity contribution in [1.82, 2.24) is 5.43 Å². The molecule has 0 aliphatic carbocycles. The highest BCUT2D eigenvalue weighted by Crippen LogP contribution is 2.18. The fourth-order valence-corrected chi connectivity index (χ4v) is 3.32. The second kappa shape index (κ2) is 12.1. The number of amides is 1. The highest BCUT2D eigenvalue weighted by molar-refractivity contribution is 5.82. The van der Waals surface area contributed by atoms with Crippen molar-refractivity contribution < 1.29 is 14.3 Å². The standard InChI is InChI=1S/C27H27N3O3/c1-20-16-26(32-2)15-12-22(20)8-5-9-27(31)30-29-18-21-10-13-25(14-11-21)33-19-24-7-4-3-6-23(24)17-28/h3-4,6-7,10-16,18H,5,8-9,19H2,1-2H3,(H,30,31)/b29-18-. The number of carbonyl (C=O) groups excluding carboxylic acids is 1. The number of methoxy groups -OCH3 is 1. The average molecular weight is 442 g/mol. The molecule has 0 spiro atoms. The first kappa shape index (κ1) is 23.6. The van der Waals surface area contributed by atoms with Crippen molar-refractivity contribution in [2.24, 2.45) is 5.10 Å². The van der Waals surface area contributed by atoms with Crippen LogP contribution in [0.15, 0.2) is 71.8 Å². The van der Waals surface area contributed by atoms with Crippen LogP contribution in [0.3, 0.4) is 0 Å². The lowest BCUT2D eigenvalue weighted by Gasteiger charge is -2.08. The summed E-state index contributed by atoms with van der Waals surface area (Å²) in [6, 6.07) is 22.9. The van der Waals surface area contributed by atoms with Gasteiger partial charge in [-0.25, -0.2) is 5.43 Å². The van der Waals surface area contributed by atoms with Gasteiger partial charge in [0.25, 0.3) is 0 Å². The van der Waals surface area contributed by atoms with Gasteiger partial charge in [0.05, 0.1) is 25.0 Å². The van der Waals surface area contributed by atoms with E-state index in [0.29, 0.717) is 24.3 Å². The van der Waals surface area contributed by atoms with Crippen LogP contribution in [0.5, 0.6) is 11.5 Å². The van der Waals surface area contributed by atoms with Crippen LogP contribution in [0.2, 0.25) is 0 Å². The van der Waals surface area contributed by atoms with Crippen LogP contribution in [0.25, 0.3) is 0 Å². The monoisotopic (exact) mass is 441 g/mol. The number of nitrogens with one attached hydrogen (secondary N) is 1. The Hall–Kier alpha value is -4.11. The van der Waals surface area contributed by atoms with E-state index in [9.17, 15) is 4.79 Å². The minimum atomic E-state index is -0.117. The molecule has 0 radical (unpaired) electrons. The number of nitriles is 1. The zero-order chi connectivity index (χ0) is 23.5. The summed E-state index contributed by atoms with van der Waals surface area (Å²) in [7, 11) is 1.65. The first-order valence-electron chi connectivity index (χ1n) is 10.8. The van der Waals surface area contributed by atoms with E-state index >= 15 is 0 Å². The van der Waals surface area contributed by atoms with Crippen LogP contribution >= 0.6 is 0 Å². The molecule has 0 unspecified atom stereocenters. The third kappa shape index (κ3) is 7.22. The highest BCUT2D eigenvalue weighted by Gasteiger charge is 2.04. The second-order valence-corrected chi connectivity index (χ2v) is 7.57. The number of aryl methyl sites for hydroxylation is 2. The number of nitrogens with zero attached hydrogens (tertiary/aromatic N) is 2. The number of ether oxygens (including phenoxy) is 2. The molecule has 33 heavy (non-hydrogen) atoms. The molecule has 0 aromatic heterocycles. The number of carbonyl (C=O) groups is 1. The van der Waals surface area contributed by atoms with Crippen molar-refractivity contribution in [3.8, 4) is 17.6 Å². The first-order valence-corrected chi connectivity index (χ1v) is 10.8. The van der Waals surface area contributed by atoms with Crippen molar-refractivity contribution in [2.45, 2.75) is 32.8 Å². The third-order valence-corrected chi connectivity index (χ3v) is 5.21. The highest BCUT2D eigenvalue weighted by atomic mass is 16.5. The van der Waals surface area contributed by atoms with Crippen LogP contribution in [0, 0.1) is 18.3 Å². The minimum absolute atomic E-state index is 0.117. The van der Waals surface area contributed by atoms with Crippen molar-refractivity contribution in [3.63, 3.8) is 0 Å². The van der Waals surface area contributed by atoms with Gasteiger partial charge in [-0.15, -0.1) is 0 Å². The normalized spacial score (nSPS) is 10.6. The number of rotatable bonds is 10. The van der Waals surface area contributed by atoms with E-state index in [0.717, 1.165) is 35.3 Å². The zero-order valence-corrected chi connectivity index (χ0v) is 18.9. The lowest BCUT2D eigenvalue weighted by Crippen LogP contribution is -2.17. The van der Waals surface area contributed by atoms with E-state index in [1.165, 1.54) is 5.56 Å². The minimum Gasteiger partial charge on any atom is -0.497 e. The maximum absolute atomic E-state index is 12.0. The van der Waals surface area contributed by atoms with E-state index in [2.05, 4.69) is 16.6 Å². The summed E-state index contributed by atoms with van der Waals surface area (Å²) in [6.07, 6.45) is 3.57. The lowest BCUT2D eigenvalue weighted by atomic mass is 10.0. The van der Waals surface area contributed by atoms with Gasteiger partial charge in [-0.2, -0.15) is 10.4 Å². The Morgan fingerprint density at radius 2 is 1.82 bits per heavy atom. The molecule has 0 saturated carbocycles. The van der Waals surface area contributed by atoms with Gasteiger partial charge in [-0.3, -0.25) is 4.79 Å². The molecular formula is C27H27N3O3. The summed E-state index contributed by atoms with van der Waals surface area (Å²) < 4.78 is 11.0. The maximum atomic E-state index is 12.0. The van der Waals surface area contributed by atoms with Gasteiger partial charge in [0.1, 0.15) is 18.1 Å². The molecular weight excluding hydrogens is 414 g/mol. The Labute approximate surface area is 194 Å². The molecule has 0 saturated heterocycles. The van der Waals surface area contributed by atoms with Crippen molar-refractivity contribution >= 4 is 12.1 Å². The van der Waals surface area contributed by atoms with E-state index in [4.69, 9.17) is 14.7 Å². The van der Waals surface area contributed by atoms with Crippen LogP contribution in [0.1, 0.15) is 40.7 Å². The van der Waals surface area contributed by atoms with E-state index < -0.39 is 0 Å². The fraction of sp³-hybridized carbons (Fsp3) is 0.222. The quantitative estimate of drug-likeness (QED) is 0.357. The summed E-state index contributed by atoms with van der Waals surface area (Å²) in [5.74, 6) is 1.42. The molecule has 0 aliphatic heterocycles. The van der Waals surface area contributed by atoms with Gasteiger partial charge < -0.3 is 9.47 Å². The van der Waals surface area contributed by atoms with Gasteiger partial charge in [-0.1, -0.05) is 24.3 Å². The summed E-state index contributed by atoms with van der Waals surface area (Å²) in [4.78, 5) is 12.0. The van der Waals surface area contributed by atoms with Gasteiger partial charge in [-0.05, 0) is 78.9 Å². The third-order valence-electron chi connectivity index (χ3n) is 5.21. The van der Waals surface area contributed by atoms with Crippen LogP contribution < -0.4 is 14.9 Å². The van der Waals surface area contributed by atoms with Crippen molar-refractivity contribution in [2.75, 3.05) is 7.11 Å². The van der Waals surface area contributed by atoms with Crippen molar-refractivity contribution in [1.29, 1.82) is 5.26 Å². The maximum Gasteiger partial charge on any atom is 0.240 e. The Kier molecular flexibility index (Phi) is 8.61. The summed E-state index contributed by atoms with van der Waals surface area (Å²) in [5.41, 5.74) is 7.24. The van der Waals surface area contributed by atoms with E-state index in [1.807, 2.05) is 67.6 Å². The largest absolute Gasteiger partial charge is 0.497 e. The van der Waals surface area contributed by atoms with Crippen LogP contribution in [0.4, 0.5) is 0 Å². The van der Waals surface area contributed by atoms with E-state index in [-0.39, 0.29) is 5.91 Å². The molecule has 3 rings (SSSR count). The molecule has 0 fully saturated rings. The Bertz CT molecular complexity index is 1150. The molecule has 168 valence electrons. The number of hydrogen-bond acceptors (Lipinski definition) is 5. The SMILES string of the molecule is COc1ccc(CCCC(=O)N/N=C\c2ccc(OCc3ccccc3C#N)cc2)c(C)c1. The first-order chi connectivity index (χ1) is 16.1. The van der Waals surface area contributed by atoms with Crippen molar-refractivity contribution in [3.05, 3.63) is 94.5 Å². The molecule has 1 N–H and O–H groups in total. The number of hydrogen-bond donors (Lipinski definition) is 1. The zero-order valence-electron chi connectivity index (χ0n) is 18.9. The molecule has 0 atom stereocenters. The summed E-state index contributed by atoms with van der Waals surface area (Å²) >= 11 is 0. The topological polar surface area (TPSA) is 83.7 Å². The van der Waals surface area contributed by atoms with E-state index in [1.54, 1.807) is 19.4 Å². The molecule has 1 amide bonds.